The van der Waals surface area contributed by atoms with Crippen LogP contribution in [0.1, 0.15) is 33.6 Å². The lowest BCUT2D eigenvalue weighted by atomic mass is 10.2. The largest absolute Gasteiger partial charge is 0.297 e. The Morgan fingerprint density at radius 3 is 2.27 bits per heavy atom. The predicted molar refractivity (Wildman–Crippen MR) is 51.8 cm³/mol. The number of nitrogens with zero attached hydrogens (tertiary/aromatic N) is 1. The molecule has 0 radical (unpaired) electrons. The highest BCUT2D eigenvalue weighted by Crippen LogP contribution is 2.05. The van der Waals surface area contributed by atoms with E-state index < -0.39 is 0 Å². The molecule has 66 valence electrons. The molecule has 0 aliphatic heterocycles. The normalized spacial score (nSPS) is 13.5. The average molecular weight is 155 g/mol. The van der Waals surface area contributed by atoms with Crippen molar-refractivity contribution in [1.82, 2.24) is 4.90 Å². The van der Waals surface area contributed by atoms with E-state index in [2.05, 4.69) is 38.3 Å². The fourth-order valence-corrected chi connectivity index (χ4v) is 1.42. The highest BCUT2D eigenvalue weighted by Gasteiger charge is 2.08. The first kappa shape index (κ1) is 10.7. The van der Waals surface area contributed by atoms with Crippen LogP contribution in [0, 0.1) is 0 Å². The molecule has 1 atom stereocenters. The van der Waals surface area contributed by atoms with Crippen molar-refractivity contribution in [2.24, 2.45) is 0 Å². The number of hydrogen-bond donors (Lipinski definition) is 0. The average Bonchev–Trinajstić information content (AvgIpc) is 2.05. The maximum atomic E-state index is 3.84. The molecule has 0 fully saturated rings. The van der Waals surface area contributed by atoms with Crippen molar-refractivity contribution in [3.8, 4) is 0 Å². The van der Waals surface area contributed by atoms with Gasteiger partial charge in [0.15, 0.2) is 0 Å². The van der Waals surface area contributed by atoms with Crippen molar-refractivity contribution in [3.05, 3.63) is 12.7 Å². The summed E-state index contributed by atoms with van der Waals surface area (Å²) >= 11 is 0. The molecule has 0 aliphatic carbocycles. The Bertz CT molecular complexity index is 99.0. The zero-order chi connectivity index (χ0) is 8.69. The summed E-state index contributed by atoms with van der Waals surface area (Å²) in [7, 11) is 0. The van der Waals surface area contributed by atoms with Gasteiger partial charge in [0, 0.05) is 6.04 Å². The smallest absolute Gasteiger partial charge is 0.0272 e. The van der Waals surface area contributed by atoms with E-state index in [4.69, 9.17) is 0 Å². The molecule has 0 heterocycles. The molecule has 1 nitrogen and oxygen atoms in total. The quantitative estimate of drug-likeness (QED) is 0.533. The summed E-state index contributed by atoms with van der Waals surface area (Å²) in [6.45, 7) is 12.8. The molecular formula is C10H21N. The molecule has 0 amide bonds. The summed E-state index contributed by atoms with van der Waals surface area (Å²) in [6.07, 6.45) is 4.47. The van der Waals surface area contributed by atoms with Gasteiger partial charge in [0.25, 0.3) is 0 Å². The third-order valence-corrected chi connectivity index (χ3v) is 2.08. The van der Waals surface area contributed by atoms with Crippen LogP contribution in [0.3, 0.4) is 0 Å². The maximum Gasteiger partial charge on any atom is 0.0272 e. The molecule has 0 spiro atoms. The van der Waals surface area contributed by atoms with E-state index in [1.54, 1.807) is 0 Å². The molecule has 0 N–H and O–H groups in total. The van der Waals surface area contributed by atoms with Gasteiger partial charge in [-0.25, -0.2) is 0 Å². The van der Waals surface area contributed by atoms with E-state index in [9.17, 15) is 0 Å². The molecule has 0 saturated carbocycles. The van der Waals surface area contributed by atoms with E-state index in [1.807, 2.05) is 0 Å². The van der Waals surface area contributed by atoms with Gasteiger partial charge < -0.3 is 0 Å². The van der Waals surface area contributed by atoms with E-state index in [0.29, 0.717) is 6.04 Å². The second kappa shape index (κ2) is 6.41. The number of hydrogen-bond acceptors (Lipinski definition) is 1. The Labute approximate surface area is 71.1 Å². The highest BCUT2D eigenvalue weighted by atomic mass is 15.1. The molecule has 0 aromatic rings. The third-order valence-electron chi connectivity index (χ3n) is 2.08. The number of likely N-dealkylation sites (N-methyl/N-ethyl adjacent to an activating group) is 1. The van der Waals surface area contributed by atoms with Gasteiger partial charge in [-0.3, -0.25) is 4.90 Å². The molecule has 0 bridgehead atoms. The van der Waals surface area contributed by atoms with Gasteiger partial charge in [-0.15, -0.1) is 6.58 Å². The molecule has 0 aromatic heterocycles. The van der Waals surface area contributed by atoms with Crippen molar-refractivity contribution in [3.63, 3.8) is 0 Å². The molecule has 11 heavy (non-hydrogen) atoms. The van der Waals surface area contributed by atoms with Crippen LogP contribution in [0.4, 0.5) is 0 Å². The van der Waals surface area contributed by atoms with Gasteiger partial charge in [-0.05, 0) is 25.9 Å². The summed E-state index contributed by atoms with van der Waals surface area (Å²) < 4.78 is 0. The molecule has 0 aromatic carbocycles. The summed E-state index contributed by atoms with van der Waals surface area (Å²) in [5, 5.41) is 0. The van der Waals surface area contributed by atoms with E-state index in [1.165, 1.54) is 19.4 Å². The van der Waals surface area contributed by atoms with E-state index >= 15 is 0 Å². The Morgan fingerprint density at radius 1 is 1.36 bits per heavy atom. The molecule has 0 saturated heterocycles. The Hall–Kier alpha value is -0.300. The Morgan fingerprint density at radius 2 is 2.00 bits per heavy atom. The second-order valence-corrected chi connectivity index (χ2v) is 2.84. The van der Waals surface area contributed by atoms with Crippen molar-refractivity contribution >= 4 is 0 Å². The fourth-order valence-electron chi connectivity index (χ4n) is 1.42. The van der Waals surface area contributed by atoms with Crippen molar-refractivity contribution < 1.29 is 0 Å². The predicted octanol–water partition coefficient (Wildman–Crippen LogP) is 2.68. The lowest BCUT2D eigenvalue weighted by Crippen LogP contribution is -2.33. The molecule has 0 rings (SSSR count). The van der Waals surface area contributed by atoms with Crippen LogP contribution in [-0.2, 0) is 0 Å². The van der Waals surface area contributed by atoms with Crippen LogP contribution in [-0.4, -0.2) is 24.0 Å². The molecule has 1 heteroatoms. The number of rotatable bonds is 6. The lowest BCUT2D eigenvalue weighted by molar-refractivity contribution is 0.237. The van der Waals surface area contributed by atoms with Crippen LogP contribution in [0.5, 0.6) is 0 Å². The highest BCUT2D eigenvalue weighted by molar-refractivity contribution is 4.86. The zero-order valence-corrected chi connectivity index (χ0v) is 8.14. The minimum atomic E-state index is 0.583. The molecule has 0 aliphatic rings. The minimum Gasteiger partial charge on any atom is -0.297 e. The van der Waals surface area contributed by atoms with Crippen molar-refractivity contribution in [2.75, 3.05) is 13.1 Å². The van der Waals surface area contributed by atoms with Crippen molar-refractivity contribution in [2.45, 2.75) is 39.7 Å². The first-order valence-electron chi connectivity index (χ1n) is 4.66. The van der Waals surface area contributed by atoms with Gasteiger partial charge in [-0.2, -0.15) is 0 Å². The van der Waals surface area contributed by atoms with Gasteiger partial charge in [0.2, 0.25) is 0 Å². The Balaban J connectivity index is 3.86. The fraction of sp³-hybridized carbons (Fsp3) is 0.800. The third kappa shape index (κ3) is 3.57. The van der Waals surface area contributed by atoms with Gasteiger partial charge in [0.1, 0.15) is 0 Å². The van der Waals surface area contributed by atoms with E-state index in [-0.39, 0.29) is 0 Å². The SMILES string of the molecule is C=CC(CC)N(CC)CCC. The molecule has 1 unspecified atom stereocenters. The van der Waals surface area contributed by atoms with Gasteiger partial charge in [0.05, 0.1) is 0 Å². The summed E-state index contributed by atoms with van der Waals surface area (Å²) in [4.78, 5) is 2.47. The first-order chi connectivity index (χ1) is 5.29. The second-order valence-electron chi connectivity index (χ2n) is 2.84. The standard InChI is InChI=1S/C10H21N/c1-5-9-11(8-4)10(6-2)7-3/h6,10H,2,5,7-9H2,1,3-4H3. The maximum absolute atomic E-state index is 3.84. The monoisotopic (exact) mass is 155 g/mol. The summed E-state index contributed by atoms with van der Waals surface area (Å²) in [6, 6.07) is 0.583. The zero-order valence-electron chi connectivity index (χ0n) is 8.14. The molecular weight excluding hydrogens is 134 g/mol. The van der Waals surface area contributed by atoms with Gasteiger partial charge in [-0.1, -0.05) is 26.8 Å². The lowest BCUT2D eigenvalue weighted by Gasteiger charge is -2.26. The first-order valence-corrected chi connectivity index (χ1v) is 4.66. The minimum absolute atomic E-state index is 0.583. The summed E-state index contributed by atoms with van der Waals surface area (Å²) in [5.74, 6) is 0. The topological polar surface area (TPSA) is 3.24 Å². The van der Waals surface area contributed by atoms with Crippen LogP contribution < -0.4 is 0 Å². The van der Waals surface area contributed by atoms with Gasteiger partial charge >= 0.3 is 0 Å². The van der Waals surface area contributed by atoms with Crippen LogP contribution >= 0.6 is 0 Å². The van der Waals surface area contributed by atoms with Crippen LogP contribution in [0.2, 0.25) is 0 Å². The van der Waals surface area contributed by atoms with Crippen molar-refractivity contribution in [1.29, 1.82) is 0 Å². The summed E-state index contributed by atoms with van der Waals surface area (Å²) in [5.41, 5.74) is 0. The van der Waals surface area contributed by atoms with Crippen LogP contribution in [0.25, 0.3) is 0 Å². The van der Waals surface area contributed by atoms with E-state index in [0.717, 1.165) is 6.54 Å². The Kier molecular flexibility index (Phi) is 6.24. The van der Waals surface area contributed by atoms with Crippen LogP contribution in [0.15, 0.2) is 12.7 Å².